The van der Waals surface area contributed by atoms with Crippen LogP contribution < -0.4 is 5.32 Å². The van der Waals surface area contributed by atoms with Crippen LogP contribution in [0.3, 0.4) is 0 Å². The second kappa shape index (κ2) is 5.99. The first-order valence-corrected chi connectivity index (χ1v) is 6.94. The van der Waals surface area contributed by atoms with Gasteiger partial charge in [0.25, 0.3) is 0 Å². The largest absolute Gasteiger partial charge is 0.316 e. The fraction of sp³-hybridized carbons (Fsp3) is 0.333. The van der Waals surface area contributed by atoms with E-state index in [1.807, 2.05) is 11.3 Å². The molecule has 0 aliphatic heterocycles. The van der Waals surface area contributed by atoms with Gasteiger partial charge >= 0.3 is 0 Å². The summed E-state index contributed by atoms with van der Waals surface area (Å²) in [4.78, 5) is 1.45. The summed E-state index contributed by atoms with van der Waals surface area (Å²) in [5.74, 6) is 0.531. The Bertz CT molecular complexity index is 421. The van der Waals surface area contributed by atoms with Gasteiger partial charge in [0, 0.05) is 10.9 Å². The molecule has 2 unspecified atom stereocenters. The van der Waals surface area contributed by atoms with Crippen LogP contribution in [0.2, 0.25) is 0 Å². The molecule has 1 heterocycles. The van der Waals surface area contributed by atoms with Crippen molar-refractivity contribution in [2.45, 2.75) is 25.3 Å². The summed E-state index contributed by atoms with van der Waals surface area (Å²) in [7, 11) is 2.05. The maximum absolute atomic E-state index is 3.45. The third kappa shape index (κ3) is 3.18. The molecule has 0 bridgehead atoms. The van der Waals surface area contributed by atoms with Crippen LogP contribution in [-0.4, -0.2) is 13.1 Å². The van der Waals surface area contributed by atoms with Crippen LogP contribution >= 0.6 is 11.3 Å². The summed E-state index contributed by atoms with van der Waals surface area (Å²) in [6, 6.07) is 15.6. The molecule has 1 nitrogen and oxygen atoms in total. The molecule has 90 valence electrons. The van der Waals surface area contributed by atoms with E-state index in [0.717, 1.165) is 6.42 Å². The Morgan fingerprint density at radius 2 is 1.88 bits per heavy atom. The zero-order valence-electron chi connectivity index (χ0n) is 10.4. The van der Waals surface area contributed by atoms with E-state index in [1.54, 1.807) is 0 Å². The minimum Gasteiger partial charge on any atom is -0.316 e. The molecule has 1 N–H and O–H groups in total. The van der Waals surface area contributed by atoms with Crippen LogP contribution in [0.25, 0.3) is 0 Å². The molecule has 0 spiro atoms. The first kappa shape index (κ1) is 12.3. The first-order chi connectivity index (χ1) is 8.31. The predicted molar refractivity (Wildman–Crippen MR) is 75.7 cm³/mol. The molecule has 2 heteroatoms. The van der Waals surface area contributed by atoms with Crippen LogP contribution in [0.1, 0.15) is 23.3 Å². The highest BCUT2D eigenvalue weighted by atomic mass is 32.1. The maximum atomic E-state index is 3.45. The molecule has 0 saturated carbocycles. The highest BCUT2D eigenvalue weighted by Crippen LogP contribution is 2.23. The summed E-state index contributed by atoms with van der Waals surface area (Å²) < 4.78 is 0. The average molecular weight is 245 g/mol. The summed E-state index contributed by atoms with van der Waals surface area (Å²) in [6.07, 6.45) is 1.10. The summed E-state index contributed by atoms with van der Waals surface area (Å²) in [5, 5.41) is 5.59. The Morgan fingerprint density at radius 1 is 1.12 bits per heavy atom. The number of nitrogens with one attached hydrogen (secondary N) is 1. The second-order valence-corrected chi connectivity index (χ2v) is 5.41. The lowest BCUT2D eigenvalue weighted by Crippen LogP contribution is -2.32. The van der Waals surface area contributed by atoms with Crippen LogP contribution in [0.5, 0.6) is 0 Å². The van der Waals surface area contributed by atoms with Gasteiger partial charge < -0.3 is 5.32 Å². The van der Waals surface area contributed by atoms with E-state index >= 15 is 0 Å². The van der Waals surface area contributed by atoms with E-state index in [0.29, 0.717) is 12.0 Å². The van der Waals surface area contributed by atoms with Gasteiger partial charge in [-0.1, -0.05) is 43.3 Å². The normalized spacial score (nSPS) is 14.5. The quantitative estimate of drug-likeness (QED) is 0.847. The summed E-state index contributed by atoms with van der Waals surface area (Å²) in [5.41, 5.74) is 1.41. The van der Waals surface area contributed by atoms with Crippen molar-refractivity contribution in [3.63, 3.8) is 0 Å². The van der Waals surface area contributed by atoms with Gasteiger partial charge in [-0.15, -0.1) is 11.3 Å². The van der Waals surface area contributed by atoms with Crippen molar-refractivity contribution in [2.75, 3.05) is 7.05 Å². The maximum Gasteiger partial charge on any atom is 0.0178 e. The number of rotatable bonds is 5. The molecule has 1 aromatic heterocycles. The van der Waals surface area contributed by atoms with E-state index in [9.17, 15) is 0 Å². The van der Waals surface area contributed by atoms with E-state index in [-0.39, 0.29) is 0 Å². The molecule has 2 atom stereocenters. The molecule has 0 aliphatic carbocycles. The number of hydrogen-bond acceptors (Lipinski definition) is 2. The molecule has 0 saturated heterocycles. The zero-order valence-corrected chi connectivity index (χ0v) is 11.2. The van der Waals surface area contributed by atoms with E-state index in [1.165, 1.54) is 10.4 Å². The van der Waals surface area contributed by atoms with Crippen LogP contribution in [0.15, 0.2) is 47.8 Å². The van der Waals surface area contributed by atoms with Gasteiger partial charge in [-0.25, -0.2) is 0 Å². The van der Waals surface area contributed by atoms with Crippen LogP contribution in [0, 0.1) is 0 Å². The fourth-order valence-corrected chi connectivity index (χ4v) is 2.93. The van der Waals surface area contributed by atoms with Gasteiger partial charge in [-0.05, 0) is 36.4 Å². The van der Waals surface area contributed by atoms with E-state index in [4.69, 9.17) is 0 Å². The van der Waals surface area contributed by atoms with Crippen molar-refractivity contribution in [3.8, 4) is 0 Å². The monoisotopic (exact) mass is 245 g/mol. The van der Waals surface area contributed by atoms with Gasteiger partial charge in [-0.2, -0.15) is 0 Å². The van der Waals surface area contributed by atoms with Gasteiger partial charge in [0.05, 0.1) is 0 Å². The van der Waals surface area contributed by atoms with Crippen molar-refractivity contribution < 1.29 is 0 Å². The number of hydrogen-bond donors (Lipinski definition) is 1. The second-order valence-electron chi connectivity index (χ2n) is 4.38. The minimum absolute atomic E-state index is 0.496. The molecule has 0 radical (unpaired) electrons. The third-order valence-corrected chi connectivity index (χ3v) is 4.20. The Morgan fingerprint density at radius 3 is 2.47 bits per heavy atom. The predicted octanol–water partition coefficient (Wildman–Crippen LogP) is 3.68. The molecule has 1 aromatic carbocycles. The molecule has 0 amide bonds. The van der Waals surface area contributed by atoms with Crippen LogP contribution in [-0.2, 0) is 6.42 Å². The Hall–Kier alpha value is -1.12. The Kier molecular flexibility index (Phi) is 4.35. The van der Waals surface area contributed by atoms with Gasteiger partial charge in [0.2, 0.25) is 0 Å². The van der Waals surface area contributed by atoms with Crippen molar-refractivity contribution in [3.05, 3.63) is 58.3 Å². The highest BCUT2D eigenvalue weighted by molar-refractivity contribution is 7.09. The Balaban J connectivity index is 2.08. The number of benzene rings is 1. The highest BCUT2D eigenvalue weighted by Gasteiger charge is 2.17. The molecular formula is C15H19NS. The lowest BCUT2D eigenvalue weighted by atomic mass is 9.91. The molecule has 0 aliphatic rings. The number of thiophene rings is 1. The van der Waals surface area contributed by atoms with Gasteiger partial charge in [0.15, 0.2) is 0 Å². The molecular weight excluding hydrogens is 226 g/mol. The standard InChI is InChI=1S/C15H19NS/c1-12(13-7-4-3-5-8-13)15(16-2)11-14-9-6-10-17-14/h3-10,12,15-16H,11H2,1-2H3. The Labute approximate surface area is 108 Å². The summed E-state index contributed by atoms with van der Waals surface area (Å²) in [6.45, 7) is 2.30. The SMILES string of the molecule is CNC(Cc1cccs1)C(C)c1ccccc1. The van der Waals surface area contributed by atoms with Crippen LogP contribution in [0.4, 0.5) is 0 Å². The first-order valence-electron chi connectivity index (χ1n) is 6.06. The van der Waals surface area contributed by atoms with Gasteiger partial charge in [-0.3, -0.25) is 0 Å². The van der Waals surface area contributed by atoms with Crippen molar-refractivity contribution >= 4 is 11.3 Å². The van der Waals surface area contributed by atoms with E-state index in [2.05, 4.69) is 67.1 Å². The molecule has 2 aromatic rings. The zero-order chi connectivity index (χ0) is 12.1. The molecule has 17 heavy (non-hydrogen) atoms. The topological polar surface area (TPSA) is 12.0 Å². The van der Waals surface area contributed by atoms with Crippen molar-refractivity contribution in [1.29, 1.82) is 0 Å². The van der Waals surface area contributed by atoms with Crippen molar-refractivity contribution in [2.24, 2.45) is 0 Å². The fourth-order valence-electron chi connectivity index (χ4n) is 2.16. The lowest BCUT2D eigenvalue weighted by Gasteiger charge is -2.23. The minimum atomic E-state index is 0.496. The average Bonchev–Trinajstić information content (AvgIpc) is 2.89. The smallest absolute Gasteiger partial charge is 0.0178 e. The summed E-state index contributed by atoms with van der Waals surface area (Å²) >= 11 is 1.84. The molecule has 2 rings (SSSR count). The van der Waals surface area contributed by atoms with Crippen molar-refractivity contribution in [1.82, 2.24) is 5.32 Å². The van der Waals surface area contributed by atoms with Gasteiger partial charge in [0.1, 0.15) is 0 Å². The third-order valence-electron chi connectivity index (χ3n) is 3.30. The van der Waals surface area contributed by atoms with E-state index < -0.39 is 0 Å². The lowest BCUT2D eigenvalue weighted by molar-refractivity contribution is 0.486. The molecule has 0 fully saturated rings. The number of likely N-dealkylation sites (N-methyl/N-ethyl adjacent to an activating group) is 1.